The topological polar surface area (TPSA) is 27.7 Å². The number of thiol groups is 1. The molecule has 0 aliphatic carbocycles. The van der Waals surface area contributed by atoms with E-state index in [1.54, 1.807) is 7.11 Å². The second-order valence-corrected chi connectivity index (χ2v) is 4.69. The molecule has 0 rings (SSSR count). The van der Waals surface area contributed by atoms with E-state index in [-0.39, 0.29) is 5.41 Å². The SMILES string of the molecule is CCC(CC)(CS)COCCOCCCOC. The van der Waals surface area contributed by atoms with E-state index in [1.165, 1.54) is 0 Å². The van der Waals surface area contributed by atoms with Gasteiger partial charge in [0, 0.05) is 25.7 Å². The quantitative estimate of drug-likeness (QED) is 0.434. The molecule has 0 bridgehead atoms. The van der Waals surface area contributed by atoms with E-state index in [9.17, 15) is 0 Å². The summed E-state index contributed by atoms with van der Waals surface area (Å²) in [4.78, 5) is 0. The van der Waals surface area contributed by atoms with Crippen molar-refractivity contribution < 1.29 is 14.2 Å². The second-order valence-electron chi connectivity index (χ2n) is 4.38. The first kappa shape index (κ1) is 17.2. The Morgan fingerprint density at radius 2 is 1.59 bits per heavy atom. The van der Waals surface area contributed by atoms with Crippen molar-refractivity contribution >= 4 is 12.6 Å². The minimum absolute atomic E-state index is 0.235. The van der Waals surface area contributed by atoms with Crippen molar-refractivity contribution in [2.45, 2.75) is 33.1 Å². The highest BCUT2D eigenvalue weighted by Crippen LogP contribution is 2.27. The Morgan fingerprint density at radius 1 is 0.941 bits per heavy atom. The van der Waals surface area contributed by atoms with Gasteiger partial charge in [-0.15, -0.1) is 0 Å². The Labute approximate surface area is 112 Å². The molecule has 0 heterocycles. The summed E-state index contributed by atoms with van der Waals surface area (Å²) in [6.45, 7) is 8.02. The Hall–Kier alpha value is 0.230. The molecule has 0 saturated carbocycles. The van der Waals surface area contributed by atoms with Gasteiger partial charge in [-0.25, -0.2) is 0 Å². The molecule has 0 saturated heterocycles. The van der Waals surface area contributed by atoms with Gasteiger partial charge in [-0.3, -0.25) is 0 Å². The predicted molar refractivity (Wildman–Crippen MR) is 75.0 cm³/mol. The number of rotatable bonds is 12. The fourth-order valence-electron chi connectivity index (χ4n) is 1.54. The van der Waals surface area contributed by atoms with E-state index in [0.29, 0.717) is 13.2 Å². The highest BCUT2D eigenvalue weighted by molar-refractivity contribution is 7.80. The zero-order chi connectivity index (χ0) is 13.0. The normalized spacial score (nSPS) is 12.0. The maximum absolute atomic E-state index is 5.67. The molecule has 4 heteroatoms. The van der Waals surface area contributed by atoms with Crippen LogP contribution in [0.2, 0.25) is 0 Å². The van der Waals surface area contributed by atoms with Crippen molar-refractivity contribution in [3.05, 3.63) is 0 Å². The zero-order valence-corrected chi connectivity index (χ0v) is 12.4. The molecular formula is C13H28O3S. The smallest absolute Gasteiger partial charge is 0.0700 e. The first-order chi connectivity index (χ1) is 8.24. The molecule has 0 fully saturated rings. The summed E-state index contributed by atoms with van der Waals surface area (Å²) < 4.78 is 16.0. The molecule has 0 aliphatic rings. The Bertz CT molecular complexity index is 152. The maximum atomic E-state index is 5.67. The van der Waals surface area contributed by atoms with Crippen molar-refractivity contribution in [3.8, 4) is 0 Å². The molecule has 0 atom stereocenters. The first-order valence-corrected chi connectivity index (χ1v) is 7.13. The van der Waals surface area contributed by atoms with Crippen molar-refractivity contribution in [1.29, 1.82) is 0 Å². The van der Waals surface area contributed by atoms with Crippen LogP contribution in [0.5, 0.6) is 0 Å². The molecule has 3 nitrogen and oxygen atoms in total. The van der Waals surface area contributed by atoms with E-state index in [2.05, 4.69) is 26.5 Å². The molecule has 0 unspecified atom stereocenters. The third kappa shape index (κ3) is 8.03. The lowest BCUT2D eigenvalue weighted by Gasteiger charge is -2.29. The third-order valence-corrected chi connectivity index (χ3v) is 3.92. The molecule has 0 aromatic rings. The van der Waals surface area contributed by atoms with Crippen LogP contribution >= 0.6 is 12.6 Å². The molecule has 0 amide bonds. The summed E-state index contributed by atoms with van der Waals surface area (Å²) in [5.41, 5.74) is 0.235. The van der Waals surface area contributed by atoms with Gasteiger partial charge in [0.2, 0.25) is 0 Å². The van der Waals surface area contributed by atoms with E-state index in [4.69, 9.17) is 14.2 Å². The number of hydrogen-bond donors (Lipinski definition) is 1. The van der Waals surface area contributed by atoms with Crippen LogP contribution in [0.25, 0.3) is 0 Å². The summed E-state index contributed by atoms with van der Waals surface area (Å²) in [6.07, 6.45) is 3.17. The molecule has 0 aromatic heterocycles. The van der Waals surface area contributed by atoms with Gasteiger partial charge in [0.05, 0.1) is 19.8 Å². The van der Waals surface area contributed by atoms with E-state index < -0.39 is 0 Å². The lowest BCUT2D eigenvalue weighted by Crippen LogP contribution is -2.28. The van der Waals surface area contributed by atoms with Crippen molar-refractivity contribution in [2.75, 3.05) is 45.9 Å². The highest BCUT2D eigenvalue weighted by Gasteiger charge is 2.24. The van der Waals surface area contributed by atoms with Crippen LogP contribution in [-0.2, 0) is 14.2 Å². The fraction of sp³-hybridized carbons (Fsp3) is 1.00. The van der Waals surface area contributed by atoms with Gasteiger partial charge in [-0.05, 0) is 25.0 Å². The van der Waals surface area contributed by atoms with Crippen molar-refractivity contribution in [3.63, 3.8) is 0 Å². The van der Waals surface area contributed by atoms with Gasteiger partial charge < -0.3 is 14.2 Å². The van der Waals surface area contributed by atoms with E-state index in [1.807, 2.05) is 0 Å². The second kappa shape index (κ2) is 11.3. The zero-order valence-electron chi connectivity index (χ0n) is 11.5. The van der Waals surface area contributed by atoms with Crippen LogP contribution in [0.4, 0.5) is 0 Å². The fourth-order valence-corrected chi connectivity index (χ4v) is 2.08. The summed E-state index contributed by atoms with van der Waals surface area (Å²) >= 11 is 4.42. The van der Waals surface area contributed by atoms with Gasteiger partial charge in [0.1, 0.15) is 0 Å². The Kier molecular flexibility index (Phi) is 11.5. The van der Waals surface area contributed by atoms with E-state index >= 15 is 0 Å². The third-order valence-electron chi connectivity index (χ3n) is 3.25. The van der Waals surface area contributed by atoms with Crippen LogP contribution < -0.4 is 0 Å². The molecule has 17 heavy (non-hydrogen) atoms. The summed E-state index contributed by atoms with van der Waals surface area (Å²) in [6, 6.07) is 0. The van der Waals surface area contributed by atoms with Gasteiger partial charge in [0.15, 0.2) is 0 Å². The maximum Gasteiger partial charge on any atom is 0.0700 e. The van der Waals surface area contributed by atoms with Crippen molar-refractivity contribution in [1.82, 2.24) is 0 Å². The molecular weight excluding hydrogens is 236 g/mol. The van der Waals surface area contributed by atoms with Crippen LogP contribution in [0.15, 0.2) is 0 Å². The summed E-state index contributed by atoms with van der Waals surface area (Å²) in [5, 5.41) is 0. The minimum atomic E-state index is 0.235. The van der Waals surface area contributed by atoms with Crippen LogP contribution in [0, 0.1) is 5.41 Å². The monoisotopic (exact) mass is 264 g/mol. The van der Waals surface area contributed by atoms with Gasteiger partial charge >= 0.3 is 0 Å². The summed E-state index contributed by atoms with van der Waals surface area (Å²) in [5.74, 6) is 0.884. The average molecular weight is 264 g/mol. The van der Waals surface area contributed by atoms with Crippen LogP contribution in [0.3, 0.4) is 0 Å². The lowest BCUT2D eigenvalue weighted by molar-refractivity contribution is 0.00561. The number of hydrogen-bond acceptors (Lipinski definition) is 4. The van der Waals surface area contributed by atoms with E-state index in [0.717, 1.165) is 44.8 Å². The first-order valence-electron chi connectivity index (χ1n) is 6.50. The molecule has 0 spiro atoms. The molecule has 0 aliphatic heterocycles. The molecule has 104 valence electrons. The molecule has 0 N–H and O–H groups in total. The lowest BCUT2D eigenvalue weighted by atomic mass is 9.85. The molecule has 0 radical (unpaired) electrons. The van der Waals surface area contributed by atoms with Gasteiger partial charge in [0.25, 0.3) is 0 Å². The molecule has 0 aromatic carbocycles. The number of methoxy groups -OCH3 is 1. The number of ether oxygens (including phenoxy) is 3. The van der Waals surface area contributed by atoms with Crippen molar-refractivity contribution in [2.24, 2.45) is 5.41 Å². The predicted octanol–water partition coefficient (Wildman–Crippen LogP) is 2.79. The highest BCUT2D eigenvalue weighted by atomic mass is 32.1. The van der Waals surface area contributed by atoms with Gasteiger partial charge in [-0.1, -0.05) is 13.8 Å². The Morgan fingerprint density at radius 3 is 2.12 bits per heavy atom. The Balaban J connectivity index is 3.43. The average Bonchev–Trinajstić information content (AvgIpc) is 2.38. The standard InChI is InChI=1S/C13H28O3S/c1-4-13(5-2,12-17)11-16-10-9-15-8-6-7-14-3/h17H,4-12H2,1-3H3. The van der Waals surface area contributed by atoms with Crippen LogP contribution in [0.1, 0.15) is 33.1 Å². The van der Waals surface area contributed by atoms with Gasteiger partial charge in [-0.2, -0.15) is 12.6 Å². The minimum Gasteiger partial charge on any atom is -0.385 e. The summed E-state index contributed by atoms with van der Waals surface area (Å²) in [7, 11) is 1.70. The largest absolute Gasteiger partial charge is 0.385 e. The van der Waals surface area contributed by atoms with Crippen LogP contribution in [-0.4, -0.2) is 45.9 Å².